The molecule has 2 N–H and O–H groups in total. The molecule has 3 rings (SSSR count). The molecule has 126 valence electrons. The summed E-state index contributed by atoms with van der Waals surface area (Å²) >= 11 is 0. The topological polar surface area (TPSA) is 89.5 Å². The summed E-state index contributed by atoms with van der Waals surface area (Å²) in [6, 6.07) is -0.158. The first-order chi connectivity index (χ1) is 11.1. The van der Waals surface area contributed by atoms with Gasteiger partial charge in [0, 0.05) is 24.9 Å². The Kier molecular flexibility index (Phi) is 4.95. The van der Waals surface area contributed by atoms with E-state index in [4.69, 9.17) is 5.11 Å². The number of piperidine rings is 1. The highest BCUT2D eigenvalue weighted by Gasteiger charge is 2.34. The fraction of sp³-hybridized carbons (Fsp3) is 0.688. The number of aromatic amines is 1. The molecule has 23 heavy (non-hydrogen) atoms. The minimum atomic E-state index is -0.935. The van der Waals surface area contributed by atoms with Crippen LogP contribution in [0, 0.1) is 0 Å². The maximum absolute atomic E-state index is 12.7. The van der Waals surface area contributed by atoms with Crippen molar-refractivity contribution in [2.75, 3.05) is 26.2 Å². The van der Waals surface area contributed by atoms with Crippen LogP contribution in [0.5, 0.6) is 0 Å². The third-order valence-corrected chi connectivity index (χ3v) is 4.95. The molecule has 1 unspecified atom stereocenters. The van der Waals surface area contributed by atoms with E-state index in [0.717, 1.165) is 51.0 Å². The van der Waals surface area contributed by atoms with Crippen molar-refractivity contribution >= 4 is 11.9 Å². The number of hydrogen-bond acceptors (Lipinski definition) is 4. The van der Waals surface area contributed by atoms with Crippen LogP contribution in [0.15, 0.2) is 12.4 Å². The maximum atomic E-state index is 12.7. The van der Waals surface area contributed by atoms with E-state index in [0.29, 0.717) is 12.5 Å². The number of amides is 1. The van der Waals surface area contributed by atoms with Crippen molar-refractivity contribution in [1.29, 1.82) is 0 Å². The van der Waals surface area contributed by atoms with Crippen LogP contribution in [0.2, 0.25) is 0 Å². The first-order valence-corrected chi connectivity index (χ1v) is 8.39. The number of carbonyl (C=O) groups excluding carboxylic acids is 1. The van der Waals surface area contributed by atoms with E-state index in [9.17, 15) is 9.59 Å². The number of imidazole rings is 1. The van der Waals surface area contributed by atoms with Crippen molar-refractivity contribution in [2.24, 2.45) is 0 Å². The van der Waals surface area contributed by atoms with Gasteiger partial charge in [0.15, 0.2) is 0 Å². The van der Waals surface area contributed by atoms with Crippen LogP contribution in [-0.2, 0) is 9.59 Å². The summed E-state index contributed by atoms with van der Waals surface area (Å²) in [5.41, 5.74) is 0. The molecule has 1 amide bonds. The van der Waals surface area contributed by atoms with Gasteiger partial charge in [0.05, 0.1) is 6.04 Å². The lowest BCUT2D eigenvalue weighted by Gasteiger charge is -2.37. The molecule has 1 atom stereocenters. The number of aliphatic carboxylic acids is 1. The summed E-state index contributed by atoms with van der Waals surface area (Å²) in [5, 5.41) is 8.99. The van der Waals surface area contributed by atoms with Crippen LogP contribution < -0.4 is 0 Å². The van der Waals surface area contributed by atoms with Crippen LogP contribution in [0.3, 0.4) is 0 Å². The zero-order valence-electron chi connectivity index (χ0n) is 13.3. The maximum Gasteiger partial charge on any atom is 0.323 e. The van der Waals surface area contributed by atoms with Gasteiger partial charge in [0.1, 0.15) is 12.4 Å². The second-order valence-electron chi connectivity index (χ2n) is 6.45. The Hall–Kier alpha value is -1.89. The van der Waals surface area contributed by atoms with Crippen molar-refractivity contribution in [3.8, 4) is 0 Å². The first-order valence-electron chi connectivity index (χ1n) is 8.39. The SMILES string of the molecule is O=C(O)CN1CCCCC(N2CCC(c3ncc[nH]3)CC2)C1=O. The standard InChI is InChI=1S/C16H24N4O3/c21-14(22)11-20-8-2-1-3-13(16(20)23)19-9-4-12(5-10-19)15-17-6-7-18-15/h6-7,12-13H,1-5,8-11H2,(H,17,18)(H,21,22). The van der Waals surface area contributed by atoms with Crippen LogP contribution in [0.25, 0.3) is 0 Å². The summed E-state index contributed by atoms with van der Waals surface area (Å²) < 4.78 is 0. The lowest BCUT2D eigenvalue weighted by atomic mass is 9.94. The van der Waals surface area contributed by atoms with Gasteiger partial charge in [0.2, 0.25) is 5.91 Å². The van der Waals surface area contributed by atoms with E-state index >= 15 is 0 Å². The zero-order chi connectivity index (χ0) is 16.2. The molecule has 0 aliphatic carbocycles. The number of H-pyrrole nitrogens is 1. The number of carboxylic acids is 1. The van der Waals surface area contributed by atoms with Gasteiger partial charge in [-0.05, 0) is 45.2 Å². The minimum Gasteiger partial charge on any atom is -0.480 e. The molecule has 2 aliphatic heterocycles. The Labute approximate surface area is 135 Å². The number of carbonyl (C=O) groups is 2. The summed E-state index contributed by atoms with van der Waals surface area (Å²) in [5.74, 6) is 0.512. The van der Waals surface area contributed by atoms with Crippen LogP contribution in [-0.4, -0.2) is 69.0 Å². The molecule has 7 nitrogen and oxygen atoms in total. The highest BCUT2D eigenvalue weighted by atomic mass is 16.4. The Bertz CT molecular complexity index is 538. The highest BCUT2D eigenvalue weighted by Crippen LogP contribution is 2.28. The highest BCUT2D eigenvalue weighted by molar-refractivity contribution is 5.85. The average molecular weight is 320 g/mol. The van der Waals surface area contributed by atoms with Crippen molar-refractivity contribution in [1.82, 2.24) is 19.8 Å². The lowest BCUT2D eigenvalue weighted by Crippen LogP contribution is -2.51. The largest absolute Gasteiger partial charge is 0.480 e. The Morgan fingerprint density at radius 1 is 1.26 bits per heavy atom. The second kappa shape index (κ2) is 7.12. The number of hydrogen-bond donors (Lipinski definition) is 2. The molecule has 0 aromatic carbocycles. The van der Waals surface area contributed by atoms with E-state index in [-0.39, 0.29) is 18.5 Å². The molecule has 0 radical (unpaired) electrons. The van der Waals surface area contributed by atoms with E-state index in [1.807, 2.05) is 6.20 Å². The quantitative estimate of drug-likeness (QED) is 0.866. The van der Waals surface area contributed by atoms with Crippen LogP contribution in [0.4, 0.5) is 0 Å². The summed E-state index contributed by atoms with van der Waals surface area (Å²) in [7, 11) is 0. The van der Waals surface area contributed by atoms with Gasteiger partial charge in [-0.3, -0.25) is 14.5 Å². The molecule has 2 fully saturated rings. The van der Waals surface area contributed by atoms with E-state index in [1.165, 1.54) is 4.90 Å². The van der Waals surface area contributed by atoms with Crippen LogP contribution >= 0.6 is 0 Å². The molecule has 2 saturated heterocycles. The predicted molar refractivity (Wildman–Crippen MR) is 84.0 cm³/mol. The number of nitrogens with zero attached hydrogens (tertiary/aromatic N) is 3. The molecule has 1 aromatic heterocycles. The molecule has 7 heteroatoms. The summed E-state index contributed by atoms with van der Waals surface area (Å²) in [6.07, 6.45) is 8.29. The molecular formula is C16H24N4O3. The van der Waals surface area contributed by atoms with E-state index in [2.05, 4.69) is 14.9 Å². The Morgan fingerprint density at radius 2 is 2.04 bits per heavy atom. The Balaban J connectivity index is 1.61. The summed E-state index contributed by atoms with van der Waals surface area (Å²) in [6.45, 7) is 2.11. The number of carboxylic acid groups (broad SMARTS) is 1. The third-order valence-electron chi connectivity index (χ3n) is 4.95. The molecule has 1 aromatic rings. The fourth-order valence-corrected chi connectivity index (χ4v) is 3.73. The van der Waals surface area contributed by atoms with Crippen molar-refractivity contribution < 1.29 is 14.7 Å². The smallest absolute Gasteiger partial charge is 0.323 e. The molecule has 2 aliphatic rings. The molecule has 0 spiro atoms. The normalized spacial score (nSPS) is 24.6. The first kappa shape index (κ1) is 16.0. The Morgan fingerprint density at radius 3 is 2.70 bits per heavy atom. The second-order valence-corrected chi connectivity index (χ2v) is 6.45. The number of rotatable bonds is 4. The molecular weight excluding hydrogens is 296 g/mol. The zero-order valence-corrected chi connectivity index (χ0v) is 13.3. The van der Waals surface area contributed by atoms with Gasteiger partial charge in [0.25, 0.3) is 0 Å². The number of aromatic nitrogens is 2. The van der Waals surface area contributed by atoms with Crippen molar-refractivity contribution in [3.63, 3.8) is 0 Å². The van der Waals surface area contributed by atoms with Gasteiger partial charge < -0.3 is 15.0 Å². The van der Waals surface area contributed by atoms with Gasteiger partial charge in [-0.15, -0.1) is 0 Å². The average Bonchev–Trinajstić information content (AvgIpc) is 3.02. The predicted octanol–water partition coefficient (Wildman–Crippen LogP) is 1.05. The van der Waals surface area contributed by atoms with Gasteiger partial charge in [-0.1, -0.05) is 0 Å². The van der Waals surface area contributed by atoms with Crippen LogP contribution in [0.1, 0.15) is 43.8 Å². The molecule has 0 saturated carbocycles. The molecule has 3 heterocycles. The number of nitrogens with one attached hydrogen (secondary N) is 1. The van der Waals surface area contributed by atoms with Gasteiger partial charge in [-0.25, -0.2) is 4.98 Å². The minimum absolute atomic E-state index is 0.0126. The van der Waals surface area contributed by atoms with Gasteiger partial charge in [-0.2, -0.15) is 0 Å². The lowest BCUT2D eigenvalue weighted by molar-refractivity contribution is -0.146. The number of likely N-dealkylation sites (tertiary alicyclic amines) is 2. The monoisotopic (exact) mass is 320 g/mol. The van der Waals surface area contributed by atoms with Crippen molar-refractivity contribution in [2.45, 2.75) is 44.1 Å². The fourth-order valence-electron chi connectivity index (χ4n) is 3.73. The van der Waals surface area contributed by atoms with E-state index < -0.39 is 5.97 Å². The van der Waals surface area contributed by atoms with E-state index in [1.54, 1.807) is 6.20 Å². The van der Waals surface area contributed by atoms with Crippen molar-refractivity contribution in [3.05, 3.63) is 18.2 Å². The van der Waals surface area contributed by atoms with Gasteiger partial charge >= 0.3 is 5.97 Å². The third kappa shape index (κ3) is 3.72. The summed E-state index contributed by atoms with van der Waals surface area (Å²) in [4.78, 5) is 34.9. The molecule has 0 bridgehead atoms.